The van der Waals surface area contributed by atoms with E-state index in [0.717, 1.165) is 23.5 Å². The fourth-order valence-electron chi connectivity index (χ4n) is 3.08. The van der Waals surface area contributed by atoms with E-state index in [2.05, 4.69) is 22.9 Å². The fourth-order valence-corrected chi connectivity index (χ4v) is 3.20. The summed E-state index contributed by atoms with van der Waals surface area (Å²) in [5, 5.41) is 10.9. The van der Waals surface area contributed by atoms with E-state index in [9.17, 15) is 5.26 Å². The maximum Gasteiger partial charge on any atom is 0.128 e. The van der Waals surface area contributed by atoms with Crippen molar-refractivity contribution in [2.45, 2.75) is 19.3 Å². The molecule has 25 heavy (non-hydrogen) atoms. The maximum absolute atomic E-state index is 10.2. The molecular formula is C19H25Cl2N3O. The Hall–Kier alpha value is -1.64. The number of aromatic nitrogens is 1. The number of hydrogen-bond donors (Lipinski definition) is 0. The third-order valence-corrected chi connectivity index (χ3v) is 4.40. The van der Waals surface area contributed by atoms with Crippen molar-refractivity contribution >= 4 is 24.0 Å². The molecule has 2 atom stereocenters. The van der Waals surface area contributed by atoms with Crippen molar-refractivity contribution in [2.75, 3.05) is 20.6 Å². The number of nitrogens with zero attached hydrogens (tertiary/aromatic N) is 3. The summed E-state index contributed by atoms with van der Waals surface area (Å²) in [5.74, 6) is 0.0676. The molecule has 0 aliphatic heterocycles. The predicted octanol–water partition coefficient (Wildman–Crippen LogP) is 3.65. The van der Waals surface area contributed by atoms with Crippen LogP contribution in [0.1, 0.15) is 23.9 Å². The summed E-state index contributed by atoms with van der Waals surface area (Å²) in [6.07, 6.45) is 0. The lowest BCUT2D eigenvalue weighted by atomic mass is 9.69. The zero-order chi connectivity index (χ0) is 17.0. The molecule has 2 N–H and O–H groups in total. The fraction of sp³-hybridized carbons (Fsp3) is 0.368. The van der Waals surface area contributed by atoms with Crippen molar-refractivity contribution in [2.24, 2.45) is 5.92 Å². The minimum atomic E-state index is -0.805. The van der Waals surface area contributed by atoms with Crippen LogP contribution in [0, 0.1) is 24.2 Å². The van der Waals surface area contributed by atoms with E-state index < -0.39 is 5.41 Å². The molecular weight excluding hydrogens is 357 g/mol. The van der Waals surface area contributed by atoms with Crippen LogP contribution in [0.3, 0.4) is 0 Å². The first kappa shape index (κ1) is 23.4. The number of rotatable bonds is 5. The van der Waals surface area contributed by atoms with Crippen LogP contribution < -0.4 is 0 Å². The first-order chi connectivity index (χ1) is 10.9. The Labute approximate surface area is 161 Å². The third kappa shape index (κ3) is 4.93. The van der Waals surface area contributed by atoms with E-state index in [-0.39, 0.29) is 23.8 Å². The summed E-state index contributed by atoms with van der Waals surface area (Å²) in [4.78, 5) is 6.77. The molecule has 0 amide bonds. The van der Waals surface area contributed by atoms with Crippen LogP contribution in [0.5, 0.6) is 0 Å². The smallest absolute Gasteiger partial charge is 0.128 e. The highest BCUT2D eigenvalue weighted by molar-refractivity contribution is 6.30. The second-order valence-electron chi connectivity index (χ2n) is 6.25. The molecule has 0 radical (unpaired) electrons. The minimum Gasteiger partial charge on any atom is -0.412 e. The highest BCUT2D eigenvalue weighted by Gasteiger charge is 2.41. The minimum absolute atomic E-state index is 0. The van der Waals surface area contributed by atoms with Gasteiger partial charge in [-0.15, -0.1) is 12.4 Å². The molecule has 0 spiro atoms. The lowest BCUT2D eigenvalue weighted by Crippen LogP contribution is -2.40. The molecule has 1 aromatic carbocycles. The first-order valence-electron chi connectivity index (χ1n) is 7.66. The van der Waals surface area contributed by atoms with E-state index in [0.29, 0.717) is 5.02 Å². The molecule has 1 heterocycles. The molecule has 0 aliphatic carbocycles. The van der Waals surface area contributed by atoms with Gasteiger partial charge in [-0.05, 0) is 56.8 Å². The van der Waals surface area contributed by atoms with Crippen LogP contribution >= 0.6 is 24.0 Å². The SMILES string of the molecule is Cc1cccc(C(C#N)(c2ccc(Cl)cc2)C(C)CN(C)C)n1.Cl.O. The van der Waals surface area contributed by atoms with Gasteiger partial charge in [-0.2, -0.15) is 5.26 Å². The van der Waals surface area contributed by atoms with E-state index in [1.54, 1.807) is 0 Å². The average molecular weight is 382 g/mol. The number of halogens is 2. The van der Waals surface area contributed by atoms with Crippen molar-refractivity contribution in [3.8, 4) is 6.07 Å². The molecule has 0 aliphatic rings. The lowest BCUT2D eigenvalue weighted by molar-refractivity contribution is 0.287. The molecule has 0 saturated carbocycles. The molecule has 0 saturated heterocycles. The van der Waals surface area contributed by atoms with Crippen molar-refractivity contribution < 1.29 is 5.48 Å². The Kier molecular flexibility index (Phi) is 9.10. The van der Waals surface area contributed by atoms with Crippen molar-refractivity contribution in [1.82, 2.24) is 9.88 Å². The molecule has 6 heteroatoms. The van der Waals surface area contributed by atoms with Gasteiger partial charge >= 0.3 is 0 Å². The van der Waals surface area contributed by atoms with Gasteiger partial charge in [0.1, 0.15) is 5.41 Å². The van der Waals surface area contributed by atoms with Crippen LogP contribution in [-0.4, -0.2) is 36.0 Å². The topological polar surface area (TPSA) is 71.4 Å². The molecule has 0 bridgehead atoms. The molecule has 4 nitrogen and oxygen atoms in total. The Morgan fingerprint density at radius 1 is 1.20 bits per heavy atom. The maximum atomic E-state index is 10.2. The summed E-state index contributed by atoms with van der Waals surface area (Å²) < 4.78 is 0. The number of benzene rings is 1. The standard InChI is InChI=1S/C19H22ClN3.ClH.H2O/c1-14(12-23(3)4)19(13-21,16-8-10-17(20)11-9-16)18-7-5-6-15(2)22-18;;/h5-11,14H,12H2,1-4H3;1H;1H2. The van der Waals surface area contributed by atoms with Gasteiger partial charge in [0.25, 0.3) is 0 Å². The van der Waals surface area contributed by atoms with Crippen LogP contribution in [0.4, 0.5) is 0 Å². The van der Waals surface area contributed by atoms with Gasteiger partial charge in [0.2, 0.25) is 0 Å². The van der Waals surface area contributed by atoms with E-state index in [1.807, 2.05) is 63.5 Å². The van der Waals surface area contributed by atoms with Gasteiger partial charge in [-0.3, -0.25) is 4.98 Å². The van der Waals surface area contributed by atoms with Crippen LogP contribution in [0.25, 0.3) is 0 Å². The van der Waals surface area contributed by atoms with Crippen LogP contribution in [-0.2, 0) is 5.41 Å². The highest BCUT2D eigenvalue weighted by Crippen LogP contribution is 2.38. The Bertz CT molecular complexity index is 713. The van der Waals surface area contributed by atoms with Crippen molar-refractivity contribution in [3.63, 3.8) is 0 Å². The Morgan fingerprint density at radius 3 is 2.28 bits per heavy atom. The monoisotopic (exact) mass is 381 g/mol. The van der Waals surface area contributed by atoms with Crippen molar-refractivity contribution in [3.05, 3.63) is 64.4 Å². The van der Waals surface area contributed by atoms with Gasteiger partial charge < -0.3 is 10.4 Å². The molecule has 2 aromatic rings. The summed E-state index contributed by atoms with van der Waals surface area (Å²) in [6, 6.07) is 16.0. The summed E-state index contributed by atoms with van der Waals surface area (Å²) >= 11 is 6.03. The average Bonchev–Trinajstić information content (AvgIpc) is 2.49. The summed E-state index contributed by atoms with van der Waals surface area (Å²) in [5.41, 5.74) is 1.82. The summed E-state index contributed by atoms with van der Waals surface area (Å²) in [6.45, 7) is 4.83. The number of pyridine rings is 1. The van der Waals surface area contributed by atoms with Gasteiger partial charge in [0, 0.05) is 17.3 Å². The molecule has 2 rings (SSSR count). The normalized spacial score (nSPS) is 13.8. The lowest BCUT2D eigenvalue weighted by Gasteiger charge is -2.34. The number of aryl methyl sites for hydroxylation is 1. The zero-order valence-electron chi connectivity index (χ0n) is 15.0. The Balaban J connectivity index is 0.00000288. The summed E-state index contributed by atoms with van der Waals surface area (Å²) in [7, 11) is 4.04. The molecule has 2 unspecified atom stereocenters. The molecule has 1 aromatic heterocycles. The van der Waals surface area contributed by atoms with E-state index >= 15 is 0 Å². The van der Waals surface area contributed by atoms with Gasteiger partial charge in [-0.1, -0.05) is 36.7 Å². The molecule has 0 fully saturated rings. The highest BCUT2D eigenvalue weighted by atomic mass is 35.5. The van der Waals surface area contributed by atoms with Gasteiger partial charge in [-0.25, -0.2) is 0 Å². The quantitative estimate of drug-likeness (QED) is 0.793. The number of nitriles is 1. The third-order valence-electron chi connectivity index (χ3n) is 4.15. The van der Waals surface area contributed by atoms with E-state index in [1.165, 1.54) is 0 Å². The van der Waals surface area contributed by atoms with Gasteiger partial charge in [0.05, 0.1) is 11.8 Å². The zero-order valence-corrected chi connectivity index (χ0v) is 16.5. The second kappa shape index (κ2) is 9.74. The van der Waals surface area contributed by atoms with Crippen LogP contribution in [0.15, 0.2) is 42.5 Å². The van der Waals surface area contributed by atoms with Gasteiger partial charge in [0.15, 0.2) is 0 Å². The van der Waals surface area contributed by atoms with Crippen LogP contribution in [0.2, 0.25) is 5.02 Å². The number of hydrogen-bond acceptors (Lipinski definition) is 3. The largest absolute Gasteiger partial charge is 0.412 e. The molecule has 136 valence electrons. The second-order valence-corrected chi connectivity index (χ2v) is 6.69. The Morgan fingerprint density at radius 2 is 1.80 bits per heavy atom. The van der Waals surface area contributed by atoms with Crippen molar-refractivity contribution in [1.29, 1.82) is 5.26 Å². The van der Waals surface area contributed by atoms with E-state index in [4.69, 9.17) is 11.6 Å². The predicted molar refractivity (Wildman–Crippen MR) is 105 cm³/mol. The first-order valence-corrected chi connectivity index (χ1v) is 8.04.